The molecular weight excluding hydrogens is 301 g/mol. The third-order valence-electron chi connectivity index (χ3n) is 4.55. The standard InChI is InChI=1S/C18H21F3N2/c1-2-22-17-14(9-12-5-3-4-6-12)10-13-11-15(18(19,20)21)7-8-16(13)23-17/h7-8,10-12H,2-6,9H2,1H3,(H,22,23). The Kier molecular flexibility index (Phi) is 4.46. The lowest BCUT2D eigenvalue weighted by molar-refractivity contribution is -0.137. The van der Waals surface area contributed by atoms with Gasteiger partial charge in [-0.05, 0) is 49.1 Å². The van der Waals surface area contributed by atoms with Crippen LogP contribution in [0.4, 0.5) is 19.0 Å². The molecule has 0 aliphatic heterocycles. The van der Waals surface area contributed by atoms with Gasteiger partial charge in [-0.15, -0.1) is 0 Å². The van der Waals surface area contributed by atoms with Gasteiger partial charge < -0.3 is 5.32 Å². The fourth-order valence-electron chi connectivity index (χ4n) is 3.40. The van der Waals surface area contributed by atoms with Gasteiger partial charge in [-0.1, -0.05) is 25.7 Å². The van der Waals surface area contributed by atoms with Gasteiger partial charge in [0, 0.05) is 11.9 Å². The molecule has 2 nitrogen and oxygen atoms in total. The van der Waals surface area contributed by atoms with E-state index >= 15 is 0 Å². The fraction of sp³-hybridized carbons (Fsp3) is 0.500. The highest BCUT2D eigenvalue weighted by Crippen LogP contribution is 2.34. The average Bonchev–Trinajstić information content (AvgIpc) is 2.99. The van der Waals surface area contributed by atoms with Crippen LogP contribution in [-0.4, -0.2) is 11.5 Å². The Labute approximate surface area is 134 Å². The molecule has 1 heterocycles. The molecule has 1 aromatic carbocycles. The Morgan fingerprint density at radius 3 is 2.57 bits per heavy atom. The minimum Gasteiger partial charge on any atom is -0.370 e. The monoisotopic (exact) mass is 322 g/mol. The van der Waals surface area contributed by atoms with E-state index in [1.54, 1.807) is 0 Å². The number of nitrogens with zero attached hydrogens (tertiary/aromatic N) is 1. The van der Waals surface area contributed by atoms with E-state index in [1.165, 1.54) is 37.8 Å². The van der Waals surface area contributed by atoms with E-state index in [-0.39, 0.29) is 0 Å². The molecule has 3 rings (SSSR count). The molecule has 1 N–H and O–H groups in total. The molecule has 0 atom stereocenters. The zero-order valence-corrected chi connectivity index (χ0v) is 13.2. The number of aromatic nitrogens is 1. The van der Waals surface area contributed by atoms with Crippen LogP contribution in [0.5, 0.6) is 0 Å². The van der Waals surface area contributed by atoms with Gasteiger partial charge in [0.05, 0.1) is 11.1 Å². The van der Waals surface area contributed by atoms with Gasteiger partial charge in [0.2, 0.25) is 0 Å². The van der Waals surface area contributed by atoms with Crippen LogP contribution in [0, 0.1) is 5.92 Å². The van der Waals surface area contributed by atoms with Gasteiger partial charge in [-0.3, -0.25) is 0 Å². The van der Waals surface area contributed by atoms with Crippen LogP contribution in [0.2, 0.25) is 0 Å². The van der Waals surface area contributed by atoms with Crippen molar-refractivity contribution >= 4 is 16.7 Å². The van der Waals surface area contributed by atoms with Crippen LogP contribution >= 0.6 is 0 Å². The lowest BCUT2D eigenvalue weighted by Gasteiger charge is -2.15. The van der Waals surface area contributed by atoms with Crippen LogP contribution < -0.4 is 5.32 Å². The van der Waals surface area contributed by atoms with Gasteiger partial charge in [0.25, 0.3) is 0 Å². The zero-order chi connectivity index (χ0) is 16.4. The van der Waals surface area contributed by atoms with Crippen molar-refractivity contribution < 1.29 is 13.2 Å². The Hall–Kier alpha value is -1.78. The van der Waals surface area contributed by atoms with Crippen molar-refractivity contribution in [3.8, 4) is 0 Å². The van der Waals surface area contributed by atoms with E-state index in [2.05, 4.69) is 10.3 Å². The molecule has 0 radical (unpaired) electrons. The first-order valence-electron chi connectivity index (χ1n) is 8.22. The SMILES string of the molecule is CCNc1nc2ccc(C(F)(F)F)cc2cc1CC1CCCC1. The highest BCUT2D eigenvalue weighted by molar-refractivity contribution is 5.82. The van der Waals surface area contributed by atoms with Crippen molar-refractivity contribution in [3.05, 3.63) is 35.4 Å². The average molecular weight is 322 g/mol. The van der Waals surface area contributed by atoms with Gasteiger partial charge in [-0.25, -0.2) is 4.98 Å². The minimum atomic E-state index is -4.32. The van der Waals surface area contributed by atoms with Gasteiger partial charge in [-0.2, -0.15) is 13.2 Å². The Morgan fingerprint density at radius 2 is 1.91 bits per heavy atom. The Morgan fingerprint density at radius 1 is 1.17 bits per heavy atom. The number of hydrogen-bond donors (Lipinski definition) is 1. The summed E-state index contributed by atoms with van der Waals surface area (Å²) in [7, 11) is 0. The molecule has 0 bridgehead atoms. The largest absolute Gasteiger partial charge is 0.416 e. The molecule has 2 aromatic rings. The molecule has 0 saturated heterocycles. The Bertz CT molecular complexity index is 688. The summed E-state index contributed by atoms with van der Waals surface area (Å²) in [4.78, 5) is 4.55. The van der Waals surface area contributed by atoms with E-state index in [9.17, 15) is 13.2 Å². The predicted molar refractivity (Wildman–Crippen MR) is 86.6 cm³/mol. The number of benzene rings is 1. The number of hydrogen-bond acceptors (Lipinski definition) is 2. The molecular formula is C18H21F3N2. The molecule has 0 spiro atoms. The normalized spacial score (nSPS) is 16.2. The van der Waals surface area contributed by atoms with Crippen LogP contribution in [0.3, 0.4) is 0 Å². The van der Waals surface area contributed by atoms with E-state index in [1.807, 2.05) is 13.0 Å². The minimum absolute atomic E-state index is 0.564. The highest BCUT2D eigenvalue weighted by Gasteiger charge is 2.30. The highest BCUT2D eigenvalue weighted by atomic mass is 19.4. The third-order valence-corrected chi connectivity index (χ3v) is 4.55. The van der Waals surface area contributed by atoms with Crippen LogP contribution in [-0.2, 0) is 12.6 Å². The maximum absolute atomic E-state index is 12.9. The van der Waals surface area contributed by atoms with Gasteiger partial charge in [0.1, 0.15) is 5.82 Å². The summed E-state index contributed by atoms with van der Waals surface area (Å²) in [6.45, 7) is 2.74. The summed E-state index contributed by atoms with van der Waals surface area (Å²) < 4.78 is 38.7. The second-order valence-electron chi connectivity index (χ2n) is 6.29. The number of nitrogens with one attached hydrogen (secondary N) is 1. The molecule has 1 aliphatic rings. The first-order valence-corrected chi connectivity index (χ1v) is 8.22. The van der Waals surface area contributed by atoms with Crippen LogP contribution in [0.25, 0.3) is 10.9 Å². The van der Waals surface area contributed by atoms with Crippen molar-refractivity contribution in [3.63, 3.8) is 0 Å². The molecule has 124 valence electrons. The summed E-state index contributed by atoms with van der Waals surface area (Å²) in [5, 5.41) is 3.82. The molecule has 1 aliphatic carbocycles. The second-order valence-corrected chi connectivity index (χ2v) is 6.29. The maximum Gasteiger partial charge on any atom is 0.416 e. The van der Waals surface area contributed by atoms with Crippen molar-refractivity contribution in [1.82, 2.24) is 4.98 Å². The number of anilines is 1. The fourth-order valence-corrected chi connectivity index (χ4v) is 3.40. The molecule has 1 fully saturated rings. The topological polar surface area (TPSA) is 24.9 Å². The third kappa shape index (κ3) is 3.59. The summed E-state index contributed by atoms with van der Waals surface area (Å²) in [5.41, 5.74) is 1.02. The second kappa shape index (κ2) is 6.38. The summed E-state index contributed by atoms with van der Waals surface area (Å²) in [5.74, 6) is 1.43. The van der Waals surface area contributed by atoms with E-state index in [0.717, 1.165) is 30.4 Å². The first-order chi connectivity index (χ1) is 11.0. The lowest BCUT2D eigenvalue weighted by Crippen LogP contribution is -2.08. The zero-order valence-electron chi connectivity index (χ0n) is 13.2. The van der Waals surface area contributed by atoms with Gasteiger partial charge >= 0.3 is 6.18 Å². The van der Waals surface area contributed by atoms with Crippen molar-refractivity contribution in [2.75, 3.05) is 11.9 Å². The predicted octanol–water partition coefficient (Wildman–Crippen LogP) is 5.42. The van der Waals surface area contributed by atoms with Crippen molar-refractivity contribution in [2.24, 2.45) is 5.92 Å². The quantitative estimate of drug-likeness (QED) is 0.813. The molecule has 5 heteroatoms. The molecule has 1 aromatic heterocycles. The smallest absolute Gasteiger partial charge is 0.370 e. The maximum atomic E-state index is 12.9. The van der Waals surface area contributed by atoms with Crippen LogP contribution in [0.1, 0.15) is 43.7 Å². The summed E-state index contributed by atoms with van der Waals surface area (Å²) >= 11 is 0. The molecule has 0 unspecified atom stereocenters. The number of pyridine rings is 1. The van der Waals surface area contributed by atoms with E-state index < -0.39 is 11.7 Å². The number of fused-ring (bicyclic) bond motifs is 1. The first kappa shape index (κ1) is 16.1. The molecule has 23 heavy (non-hydrogen) atoms. The number of rotatable bonds is 4. The lowest BCUT2D eigenvalue weighted by atomic mass is 9.97. The van der Waals surface area contributed by atoms with Gasteiger partial charge in [0.15, 0.2) is 0 Å². The number of halogens is 3. The van der Waals surface area contributed by atoms with Crippen molar-refractivity contribution in [1.29, 1.82) is 0 Å². The van der Waals surface area contributed by atoms with E-state index in [4.69, 9.17) is 0 Å². The van der Waals surface area contributed by atoms with E-state index in [0.29, 0.717) is 16.8 Å². The molecule has 1 saturated carbocycles. The Balaban J connectivity index is 2.01. The summed E-state index contributed by atoms with van der Waals surface area (Å²) in [6.07, 6.45) is 1.47. The van der Waals surface area contributed by atoms with Crippen LogP contribution in [0.15, 0.2) is 24.3 Å². The molecule has 0 amide bonds. The van der Waals surface area contributed by atoms with Crippen molar-refractivity contribution in [2.45, 2.75) is 45.2 Å². The number of alkyl halides is 3. The summed E-state index contributed by atoms with van der Waals surface area (Å²) in [6, 6.07) is 5.64.